The molecule has 3 rings (SSSR count). The average Bonchev–Trinajstić information content (AvgIpc) is 2.59. The third-order valence-corrected chi connectivity index (χ3v) is 6.01. The molecule has 0 saturated carbocycles. The van der Waals surface area contributed by atoms with Gasteiger partial charge in [-0.25, -0.2) is 8.42 Å². The zero-order valence-electron chi connectivity index (χ0n) is 15.4. The number of sulfonamides is 1. The van der Waals surface area contributed by atoms with Crippen LogP contribution in [0.5, 0.6) is 11.5 Å². The van der Waals surface area contributed by atoms with Gasteiger partial charge in [-0.15, -0.1) is 0 Å². The number of hydrogen-bond acceptors (Lipinski definition) is 5. The standard InChI is InChI=1S/C19H21NO6S/c1-12-8-13(2)19(14(3)9-12)20(11-18(21)22)27(23,24)15-4-5-16-17(10-15)26-7-6-25-16/h4-5,8-10H,6-7,11H2,1-3H3,(H,21,22). The second kappa shape index (κ2) is 7.11. The van der Waals surface area contributed by atoms with Crippen LogP contribution >= 0.6 is 0 Å². The lowest BCUT2D eigenvalue weighted by atomic mass is 10.1. The fourth-order valence-corrected chi connectivity index (χ4v) is 4.84. The Morgan fingerprint density at radius 1 is 1.04 bits per heavy atom. The summed E-state index contributed by atoms with van der Waals surface area (Å²) in [5.41, 5.74) is 2.73. The zero-order chi connectivity index (χ0) is 19.8. The summed E-state index contributed by atoms with van der Waals surface area (Å²) in [5.74, 6) is -0.446. The zero-order valence-corrected chi connectivity index (χ0v) is 16.2. The van der Waals surface area contributed by atoms with E-state index in [9.17, 15) is 18.3 Å². The van der Waals surface area contributed by atoms with E-state index in [1.807, 2.05) is 19.1 Å². The molecule has 1 aliphatic heterocycles. The van der Waals surface area contributed by atoms with E-state index in [4.69, 9.17) is 9.47 Å². The Kier molecular flexibility index (Phi) is 5.01. The van der Waals surface area contributed by atoms with Gasteiger partial charge in [0, 0.05) is 6.07 Å². The summed E-state index contributed by atoms with van der Waals surface area (Å²) < 4.78 is 38.4. The molecule has 8 heteroatoms. The molecule has 0 amide bonds. The van der Waals surface area contributed by atoms with E-state index in [1.165, 1.54) is 18.2 Å². The largest absolute Gasteiger partial charge is 0.486 e. The van der Waals surface area contributed by atoms with Crippen LogP contribution in [-0.4, -0.2) is 39.3 Å². The van der Waals surface area contributed by atoms with Gasteiger partial charge >= 0.3 is 5.97 Å². The number of ether oxygens (including phenoxy) is 2. The van der Waals surface area contributed by atoms with E-state index in [-0.39, 0.29) is 4.90 Å². The van der Waals surface area contributed by atoms with Crippen molar-refractivity contribution < 1.29 is 27.8 Å². The lowest BCUT2D eigenvalue weighted by Gasteiger charge is -2.27. The predicted octanol–water partition coefficient (Wildman–Crippen LogP) is 2.66. The number of aliphatic carboxylic acids is 1. The molecule has 0 radical (unpaired) electrons. The van der Waals surface area contributed by atoms with Gasteiger partial charge in [0.2, 0.25) is 0 Å². The Morgan fingerprint density at radius 3 is 2.22 bits per heavy atom. The topological polar surface area (TPSA) is 93.1 Å². The first-order valence-corrected chi connectivity index (χ1v) is 9.86. The molecule has 1 N–H and O–H groups in total. The van der Waals surface area contributed by atoms with Gasteiger partial charge < -0.3 is 14.6 Å². The minimum atomic E-state index is -4.12. The van der Waals surface area contributed by atoms with E-state index in [1.54, 1.807) is 13.8 Å². The van der Waals surface area contributed by atoms with Crippen molar-refractivity contribution in [1.82, 2.24) is 0 Å². The van der Waals surface area contributed by atoms with Crippen molar-refractivity contribution in [3.05, 3.63) is 47.0 Å². The van der Waals surface area contributed by atoms with E-state index in [2.05, 4.69) is 0 Å². The van der Waals surface area contributed by atoms with Crippen molar-refractivity contribution in [2.75, 3.05) is 24.1 Å². The smallest absolute Gasteiger partial charge is 0.324 e. The molecule has 0 saturated heterocycles. The van der Waals surface area contributed by atoms with Crippen LogP contribution in [0, 0.1) is 20.8 Å². The first-order chi connectivity index (χ1) is 12.7. The predicted molar refractivity (Wildman–Crippen MR) is 100 cm³/mol. The maximum atomic E-state index is 13.3. The monoisotopic (exact) mass is 391 g/mol. The molecule has 144 valence electrons. The number of anilines is 1. The van der Waals surface area contributed by atoms with Gasteiger partial charge in [0.25, 0.3) is 10.0 Å². The number of carboxylic acid groups (broad SMARTS) is 1. The third-order valence-electron chi connectivity index (χ3n) is 4.27. The Hall–Kier alpha value is -2.74. The van der Waals surface area contributed by atoms with Crippen molar-refractivity contribution in [2.45, 2.75) is 25.7 Å². The summed E-state index contributed by atoms with van der Waals surface area (Å²) in [6.07, 6.45) is 0. The second-order valence-corrected chi connectivity index (χ2v) is 8.32. The molecule has 0 fully saturated rings. The van der Waals surface area contributed by atoms with Crippen molar-refractivity contribution in [3.8, 4) is 11.5 Å². The Morgan fingerprint density at radius 2 is 1.63 bits per heavy atom. The fourth-order valence-electron chi connectivity index (χ4n) is 3.28. The van der Waals surface area contributed by atoms with Crippen LogP contribution in [-0.2, 0) is 14.8 Å². The van der Waals surface area contributed by atoms with Gasteiger partial charge in [-0.3, -0.25) is 9.10 Å². The number of carboxylic acids is 1. The molecular formula is C19H21NO6S. The van der Waals surface area contributed by atoms with Crippen LogP contribution in [0.15, 0.2) is 35.2 Å². The average molecular weight is 391 g/mol. The molecule has 1 aliphatic rings. The number of carbonyl (C=O) groups is 1. The van der Waals surface area contributed by atoms with Gasteiger partial charge in [-0.05, 0) is 44.0 Å². The normalized spacial score (nSPS) is 13.3. The molecule has 0 unspecified atom stereocenters. The quantitative estimate of drug-likeness (QED) is 0.842. The molecule has 0 spiro atoms. The lowest BCUT2D eigenvalue weighted by Crippen LogP contribution is -2.36. The van der Waals surface area contributed by atoms with Gasteiger partial charge in [-0.2, -0.15) is 0 Å². The molecule has 0 bridgehead atoms. The molecular weight excluding hydrogens is 370 g/mol. The number of aryl methyl sites for hydroxylation is 3. The van der Waals surface area contributed by atoms with Crippen LogP contribution < -0.4 is 13.8 Å². The van der Waals surface area contributed by atoms with Crippen LogP contribution in [0.1, 0.15) is 16.7 Å². The van der Waals surface area contributed by atoms with Gasteiger partial charge in [-0.1, -0.05) is 17.7 Å². The molecule has 1 heterocycles. The molecule has 2 aromatic carbocycles. The summed E-state index contributed by atoms with van der Waals surface area (Å²) in [7, 11) is -4.12. The Balaban J connectivity index is 2.14. The van der Waals surface area contributed by atoms with Crippen molar-refractivity contribution >= 4 is 21.7 Å². The number of benzene rings is 2. The van der Waals surface area contributed by atoms with Crippen LogP contribution in [0.3, 0.4) is 0 Å². The molecule has 0 atom stereocenters. The fraction of sp³-hybridized carbons (Fsp3) is 0.316. The molecule has 0 aromatic heterocycles. The summed E-state index contributed by atoms with van der Waals surface area (Å²) in [6, 6.07) is 7.95. The molecule has 7 nitrogen and oxygen atoms in total. The lowest BCUT2D eigenvalue weighted by molar-refractivity contribution is -0.135. The SMILES string of the molecule is Cc1cc(C)c(N(CC(=O)O)S(=O)(=O)c2ccc3c(c2)OCCO3)c(C)c1. The number of fused-ring (bicyclic) bond motifs is 1. The summed E-state index contributed by atoms with van der Waals surface area (Å²) in [5, 5.41) is 9.33. The number of hydrogen-bond donors (Lipinski definition) is 1. The van der Waals surface area contributed by atoms with Gasteiger partial charge in [0.1, 0.15) is 19.8 Å². The molecule has 27 heavy (non-hydrogen) atoms. The maximum absolute atomic E-state index is 13.3. The highest BCUT2D eigenvalue weighted by atomic mass is 32.2. The van der Waals surface area contributed by atoms with Crippen molar-refractivity contribution in [3.63, 3.8) is 0 Å². The second-order valence-electron chi connectivity index (χ2n) is 6.46. The van der Waals surface area contributed by atoms with Gasteiger partial charge in [0.15, 0.2) is 11.5 Å². The maximum Gasteiger partial charge on any atom is 0.324 e. The highest BCUT2D eigenvalue weighted by Gasteiger charge is 2.30. The summed E-state index contributed by atoms with van der Waals surface area (Å²) >= 11 is 0. The minimum absolute atomic E-state index is 0.0487. The highest BCUT2D eigenvalue weighted by Crippen LogP contribution is 2.36. The summed E-state index contributed by atoms with van der Waals surface area (Å²) in [4.78, 5) is 11.4. The number of rotatable bonds is 5. The third kappa shape index (κ3) is 3.71. The van der Waals surface area contributed by atoms with Crippen LogP contribution in [0.2, 0.25) is 0 Å². The van der Waals surface area contributed by atoms with Crippen LogP contribution in [0.4, 0.5) is 5.69 Å². The van der Waals surface area contributed by atoms with E-state index >= 15 is 0 Å². The van der Waals surface area contributed by atoms with Crippen LogP contribution in [0.25, 0.3) is 0 Å². The summed E-state index contributed by atoms with van der Waals surface area (Å²) in [6.45, 7) is 5.48. The first-order valence-electron chi connectivity index (χ1n) is 8.42. The van der Waals surface area contributed by atoms with E-state index in [0.29, 0.717) is 41.5 Å². The Labute approximate surface area is 158 Å². The molecule has 2 aromatic rings. The van der Waals surface area contributed by atoms with E-state index < -0.39 is 22.5 Å². The first kappa shape index (κ1) is 19.0. The van der Waals surface area contributed by atoms with E-state index in [0.717, 1.165) is 9.87 Å². The van der Waals surface area contributed by atoms with Crippen molar-refractivity contribution in [2.24, 2.45) is 0 Å². The molecule has 0 aliphatic carbocycles. The number of nitrogens with zero attached hydrogens (tertiary/aromatic N) is 1. The highest BCUT2D eigenvalue weighted by molar-refractivity contribution is 7.92. The minimum Gasteiger partial charge on any atom is -0.486 e. The Bertz CT molecular complexity index is 976. The van der Waals surface area contributed by atoms with Crippen molar-refractivity contribution in [1.29, 1.82) is 0 Å². The van der Waals surface area contributed by atoms with Gasteiger partial charge in [0.05, 0.1) is 10.6 Å².